The number of fused-ring (bicyclic) bond motifs is 6. The molecule has 7 heteroatoms. The lowest BCUT2D eigenvalue weighted by Crippen LogP contribution is -2.46. The van der Waals surface area contributed by atoms with Gasteiger partial charge in [-0.15, -0.1) is 0 Å². The van der Waals surface area contributed by atoms with Crippen molar-refractivity contribution in [1.29, 1.82) is 0 Å². The summed E-state index contributed by atoms with van der Waals surface area (Å²) in [5, 5.41) is 0. The number of hydrogen-bond acceptors (Lipinski definition) is 3. The lowest BCUT2D eigenvalue weighted by atomic mass is 9.95. The maximum absolute atomic E-state index is 12.7. The number of aromatic nitrogens is 2. The molecule has 114 valence electrons. The van der Waals surface area contributed by atoms with Gasteiger partial charge < -0.3 is 4.90 Å². The highest BCUT2D eigenvalue weighted by molar-refractivity contribution is 5.83. The van der Waals surface area contributed by atoms with Crippen molar-refractivity contribution in [1.82, 2.24) is 14.9 Å². The Morgan fingerprint density at radius 3 is 2.00 bits per heavy atom. The number of carbonyl (C=O) groups excluding carboxylic acids is 1. The molecule has 0 N–H and O–H groups in total. The van der Waals surface area contributed by atoms with Gasteiger partial charge in [-0.2, -0.15) is 13.2 Å². The highest BCUT2D eigenvalue weighted by Gasteiger charge is 2.47. The molecule has 1 aliphatic carbocycles. The molecule has 4 rings (SSSR count). The molecule has 0 unspecified atom stereocenters. The molecule has 1 aromatic heterocycles. The van der Waals surface area contributed by atoms with Crippen molar-refractivity contribution in [3.05, 3.63) is 35.7 Å². The van der Waals surface area contributed by atoms with Gasteiger partial charge in [0.25, 0.3) is 0 Å². The quantitative estimate of drug-likeness (QED) is 0.751. The molecule has 2 bridgehead atoms. The standard InChI is InChI=1S/C15H12F3N3O/c16-15(17,18)14(22)21-6-8-3-9(7-21)11-5-13-12(4-10(8)11)19-1-2-20-13/h1-2,4-5,8-9H,3,6-7H2/t8-,9-/m1/s1. The van der Waals surface area contributed by atoms with Gasteiger partial charge in [0.2, 0.25) is 0 Å². The fraction of sp³-hybridized carbons (Fsp3) is 0.400. The first kappa shape index (κ1) is 13.5. The largest absolute Gasteiger partial charge is 0.471 e. The molecule has 2 aliphatic rings. The predicted octanol–water partition coefficient (Wildman–Crippen LogP) is 2.61. The number of nitrogens with zero attached hydrogens (tertiary/aromatic N) is 3. The van der Waals surface area contributed by atoms with Crippen LogP contribution in [0.25, 0.3) is 11.0 Å². The van der Waals surface area contributed by atoms with Gasteiger partial charge in [0.05, 0.1) is 11.0 Å². The summed E-state index contributed by atoms with van der Waals surface area (Å²) in [6, 6.07) is 3.81. The van der Waals surface area contributed by atoms with Crippen LogP contribution in [0.4, 0.5) is 13.2 Å². The minimum Gasteiger partial charge on any atom is -0.334 e. The van der Waals surface area contributed by atoms with Gasteiger partial charge in [0, 0.05) is 37.3 Å². The van der Waals surface area contributed by atoms with Crippen molar-refractivity contribution in [2.24, 2.45) is 0 Å². The van der Waals surface area contributed by atoms with Crippen LogP contribution in [-0.2, 0) is 4.79 Å². The Kier molecular flexibility index (Phi) is 2.70. The Morgan fingerprint density at radius 2 is 1.55 bits per heavy atom. The average Bonchev–Trinajstić information content (AvgIpc) is 2.74. The van der Waals surface area contributed by atoms with Crippen molar-refractivity contribution in [3.63, 3.8) is 0 Å². The fourth-order valence-corrected chi connectivity index (χ4v) is 3.65. The molecule has 0 saturated carbocycles. The molecule has 1 saturated heterocycles. The van der Waals surface area contributed by atoms with E-state index < -0.39 is 12.1 Å². The van der Waals surface area contributed by atoms with Crippen LogP contribution >= 0.6 is 0 Å². The zero-order valence-electron chi connectivity index (χ0n) is 11.5. The number of halogens is 3. The van der Waals surface area contributed by atoms with E-state index in [4.69, 9.17) is 0 Å². The Balaban J connectivity index is 1.73. The van der Waals surface area contributed by atoms with Gasteiger partial charge >= 0.3 is 12.1 Å². The highest BCUT2D eigenvalue weighted by atomic mass is 19.4. The molecule has 2 heterocycles. The van der Waals surface area contributed by atoms with Gasteiger partial charge in [0.15, 0.2) is 0 Å². The van der Waals surface area contributed by atoms with Crippen LogP contribution in [-0.4, -0.2) is 40.0 Å². The first-order valence-corrected chi connectivity index (χ1v) is 7.04. The Bertz CT molecular complexity index is 724. The van der Waals surface area contributed by atoms with E-state index in [0.29, 0.717) is 0 Å². The van der Waals surface area contributed by atoms with Crippen molar-refractivity contribution < 1.29 is 18.0 Å². The van der Waals surface area contributed by atoms with E-state index in [9.17, 15) is 18.0 Å². The van der Waals surface area contributed by atoms with Crippen molar-refractivity contribution in [2.75, 3.05) is 13.1 Å². The summed E-state index contributed by atoms with van der Waals surface area (Å²) in [6.07, 6.45) is -0.839. The van der Waals surface area contributed by atoms with Crippen LogP contribution in [0.15, 0.2) is 24.5 Å². The first-order valence-electron chi connectivity index (χ1n) is 7.04. The number of alkyl halides is 3. The minimum atomic E-state index is -4.81. The third kappa shape index (κ3) is 1.95. The smallest absolute Gasteiger partial charge is 0.334 e. The lowest BCUT2D eigenvalue weighted by molar-refractivity contribution is -0.186. The number of hydrogen-bond donors (Lipinski definition) is 0. The first-order chi connectivity index (χ1) is 10.4. The van der Waals surface area contributed by atoms with Crippen LogP contribution in [0.1, 0.15) is 29.4 Å². The monoisotopic (exact) mass is 307 g/mol. The fourth-order valence-electron chi connectivity index (χ4n) is 3.65. The lowest BCUT2D eigenvalue weighted by Gasteiger charge is -2.32. The van der Waals surface area contributed by atoms with E-state index in [1.165, 1.54) is 0 Å². The molecule has 1 aromatic carbocycles. The maximum Gasteiger partial charge on any atom is 0.471 e. The summed E-state index contributed by atoms with van der Waals surface area (Å²) in [5.41, 5.74) is 3.50. The Hall–Kier alpha value is -2.18. The molecule has 2 atom stereocenters. The SMILES string of the molecule is O=C(N1C[C@H]2C[C@H](C1)c1cc3nccnc3cc12)C(F)(F)F. The zero-order chi connectivity index (χ0) is 15.5. The molecule has 0 radical (unpaired) electrons. The topological polar surface area (TPSA) is 46.1 Å². The average molecular weight is 307 g/mol. The summed E-state index contributed by atoms with van der Waals surface area (Å²) < 4.78 is 38.0. The number of piperidine rings is 1. The summed E-state index contributed by atoms with van der Waals surface area (Å²) in [6.45, 7) is 0.237. The number of benzene rings is 1. The molecule has 2 aromatic rings. The number of amides is 1. The zero-order valence-corrected chi connectivity index (χ0v) is 11.5. The third-order valence-corrected chi connectivity index (χ3v) is 4.53. The second-order valence-electron chi connectivity index (χ2n) is 5.86. The van der Waals surface area contributed by atoms with Crippen molar-refractivity contribution in [2.45, 2.75) is 24.4 Å². The number of rotatable bonds is 0. The van der Waals surface area contributed by atoms with Crippen LogP contribution in [0.2, 0.25) is 0 Å². The second-order valence-corrected chi connectivity index (χ2v) is 5.86. The van der Waals surface area contributed by atoms with Gasteiger partial charge in [-0.25, -0.2) is 0 Å². The van der Waals surface area contributed by atoms with Gasteiger partial charge in [0.1, 0.15) is 0 Å². The highest BCUT2D eigenvalue weighted by Crippen LogP contribution is 2.47. The molecule has 1 aliphatic heterocycles. The molecule has 22 heavy (non-hydrogen) atoms. The van der Waals surface area contributed by atoms with Crippen molar-refractivity contribution in [3.8, 4) is 0 Å². The van der Waals surface area contributed by atoms with Gasteiger partial charge in [-0.3, -0.25) is 14.8 Å². The van der Waals surface area contributed by atoms with E-state index in [-0.39, 0.29) is 24.9 Å². The maximum atomic E-state index is 12.7. The van der Waals surface area contributed by atoms with E-state index in [2.05, 4.69) is 9.97 Å². The van der Waals surface area contributed by atoms with Crippen LogP contribution < -0.4 is 0 Å². The summed E-state index contributed by atoms with van der Waals surface area (Å²) >= 11 is 0. The molecular formula is C15H12F3N3O. The van der Waals surface area contributed by atoms with E-state index in [0.717, 1.165) is 33.5 Å². The van der Waals surface area contributed by atoms with E-state index in [1.807, 2.05) is 12.1 Å². The van der Waals surface area contributed by atoms with E-state index in [1.54, 1.807) is 12.4 Å². The summed E-state index contributed by atoms with van der Waals surface area (Å²) in [7, 11) is 0. The summed E-state index contributed by atoms with van der Waals surface area (Å²) in [4.78, 5) is 20.9. The van der Waals surface area contributed by atoms with Crippen LogP contribution in [0, 0.1) is 0 Å². The molecule has 0 spiro atoms. The Labute approximate surface area is 124 Å². The van der Waals surface area contributed by atoms with E-state index >= 15 is 0 Å². The van der Waals surface area contributed by atoms with Crippen molar-refractivity contribution >= 4 is 16.9 Å². The van der Waals surface area contributed by atoms with Gasteiger partial charge in [-0.05, 0) is 29.7 Å². The van der Waals surface area contributed by atoms with Crippen LogP contribution in [0.3, 0.4) is 0 Å². The minimum absolute atomic E-state index is 0.0496. The molecule has 1 fully saturated rings. The normalized spacial score (nSPS) is 23.7. The van der Waals surface area contributed by atoms with Crippen LogP contribution in [0.5, 0.6) is 0 Å². The van der Waals surface area contributed by atoms with Gasteiger partial charge in [-0.1, -0.05) is 0 Å². The number of carbonyl (C=O) groups is 1. The predicted molar refractivity (Wildman–Crippen MR) is 72.3 cm³/mol. The third-order valence-electron chi connectivity index (χ3n) is 4.53. The Morgan fingerprint density at radius 1 is 1.05 bits per heavy atom. The second kappa shape index (κ2) is 4.41. The molecular weight excluding hydrogens is 295 g/mol. The number of likely N-dealkylation sites (tertiary alicyclic amines) is 1. The molecule has 1 amide bonds. The summed E-state index contributed by atoms with van der Waals surface area (Å²) in [5.74, 6) is -1.84. The molecule has 4 nitrogen and oxygen atoms in total.